The van der Waals surface area contributed by atoms with Crippen molar-refractivity contribution in [2.24, 2.45) is 5.92 Å². The largest absolute Gasteiger partial charge is 0.459 e. The minimum absolute atomic E-state index is 0.298. The molecule has 1 N–H and O–H groups in total. The molecular formula is C15H21NO. The minimum atomic E-state index is 0.298. The van der Waals surface area contributed by atoms with E-state index in [2.05, 4.69) is 50.4 Å². The van der Waals surface area contributed by atoms with Gasteiger partial charge in [-0.3, -0.25) is 0 Å². The van der Waals surface area contributed by atoms with E-state index >= 15 is 0 Å². The smallest absolute Gasteiger partial charge is 0.137 e. The first-order chi connectivity index (χ1) is 8.17. The number of nitrogens with one attached hydrogen (secondary N) is 1. The maximum absolute atomic E-state index is 6.01. The number of furan rings is 1. The third-order valence-electron chi connectivity index (χ3n) is 3.59. The van der Waals surface area contributed by atoms with E-state index in [1.54, 1.807) is 0 Å². The maximum atomic E-state index is 6.01. The molecule has 0 aliphatic carbocycles. The van der Waals surface area contributed by atoms with E-state index in [-0.39, 0.29) is 0 Å². The summed E-state index contributed by atoms with van der Waals surface area (Å²) >= 11 is 0. The molecule has 0 bridgehead atoms. The Hall–Kier alpha value is -1.28. The van der Waals surface area contributed by atoms with Gasteiger partial charge in [-0.1, -0.05) is 38.5 Å². The van der Waals surface area contributed by atoms with Crippen LogP contribution in [-0.2, 0) is 0 Å². The summed E-state index contributed by atoms with van der Waals surface area (Å²) in [4.78, 5) is 0. The van der Waals surface area contributed by atoms with Gasteiger partial charge in [-0.25, -0.2) is 0 Å². The van der Waals surface area contributed by atoms with E-state index in [9.17, 15) is 0 Å². The van der Waals surface area contributed by atoms with Crippen molar-refractivity contribution in [3.63, 3.8) is 0 Å². The highest BCUT2D eigenvalue weighted by Crippen LogP contribution is 2.30. The van der Waals surface area contributed by atoms with Gasteiger partial charge in [0.2, 0.25) is 0 Å². The van der Waals surface area contributed by atoms with Gasteiger partial charge in [0, 0.05) is 5.39 Å². The molecule has 2 aromatic rings. The average molecular weight is 231 g/mol. The number of fused-ring (bicyclic) bond motifs is 1. The van der Waals surface area contributed by atoms with Crippen LogP contribution in [0.1, 0.15) is 37.6 Å². The number of aryl methyl sites for hydroxylation is 1. The van der Waals surface area contributed by atoms with Crippen LogP contribution in [-0.4, -0.2) is 7.05 Å². The molecule has 0 saturated heterocycles. The summed E-state index contributed by atoms with van der Waals surface area (Å²) in [6.07, 6.45) is 1.14. The summed E-state index contributed by atoms with van der Waals surface area (Å²) in [6.45, 7) is 6.55. The highest BCUT2D eigenvalue weighted by Gasteiger charge is 2.20. The Bertz CT molecular complexity index is 501. The van der Waals surface area contributed by atoms with Crippen LogP contribution in [0.15, 0.2) is 28.7 Å². The maximum Gasteiger partial charge on any atom is 0.137 e. The Kier molecular flexibility index (Phi) is 3.53. The van der Waals surface area contributed by atoms with Crippen molar-refractivity contribution >= 4 is 11.0 Å². The van der Waals surface area contributed by atoms with Crippen LogP contribution in [0.2, 0.25) is 0 Å². The van der Waals surface area contributed by atoms with Crippen LogP contribution in [0, 0.1) is 12.8 Å². The van der Waals surface area contributed by atoms with E-state index in [0.717, 1.165) is 17.8 Å². The van der Waals surface area contributed by atoms with E-state index in [1.807, 2.05) is 7.05 Å². The Morgan fingerprint density at radius 2 is 2.12 bits per heavy atom. The summed E-state index contributed by atoms with van der Waals surface area (Å²) < 4.78 is 6.01. The van der Waals surface area contributed by atoms with Crippen molar-refractivity contribution in [3.05, 3.63) is 35.6 Å². The molecule has 1 aromatic heterocycles. The quantitative estimate of drug-likeness (QED) is 0.858. The molecule has 92 valence electrons. The summed E-state index contributed by atoms with van der Waals surface area (Å²) in [6, 6.07) is 8.74. The molecule has 0 saturated carbocycles. The van der Waals surface area contributed by atoms with E-state index in [4.69, 9.17) is 4.42 Å². The minimum Gasteiger partial charge on any atom is -0.459 e. The zero-order valence-corrected chi connectivity index (χ0v) is 11.1. The van der Waals surface area contributed by atoms with Crippen LogP contribution in [0.5, 0.6) is 0 Å². The molecule has 0 aliphatic rings. The summed E-state index contributed by atoms with van der Waals surface area (Å²) in [7, 11) is 2.00. The highest BCUT2D eigenvalue weighted by atomic mass is 16.3. The zero-order valence-electron chi connectivity index (χ0n) is 11.1. The predicted octanol–water partition coefficient (Wildman–Crippen LogP) is 4.05. The molecule has 0 fully saturated rings. The van der Waals surface area contributed by atoms with Gasteiger partial charge < -0.3 is 9.73 Å². The fourth-order valence-electron chi connectivity index (χ4n) is 2.32. The standard InChI is InChI=1S/C15H21NO/c1-5-10(2)14(16-4)13-9-12-8-6-7-11(3)15(12)17-13/h6-10,14,16H,5H2,1-4H3. The number of benzene rings is 1. The van der Waals surface area contributed by atoms with Gasteiger partial charge in [0.25, 0.3) is 0 Å². The number of hydrogen-bond acceptors (Lipinski definition) is 2. The van der Waals surface area contributed by atoms with Crippen LogP contribution >= 0.6 is 0 Å². The second kappa shape index (κ2) is 4.92. The Morgan fingerprint density at radius 1 is 1.35 bits per heavy atom. The molecule has 2 rings (SSSR count). The number of rotatable bonds is 4. The lowest BCUT2D eigenvalue weighted by molar-refractivity contribution is 0.343. The SMILES string of the molecule is CCC(C)C(NC)c1cc2cccc(C)c2o1. The molecule has 2 heteroatoms. The van der Waals surface area contributed by atoms with Gasteiger partial charge in [0.15, 0.2) is 0 Å². The summed E-state index contributed by atoms with van der Waals surface area (Å²) in [5.41, 5.74) is 2.22. The molecule has 0 spiro atoms. The van der Waals surface area contributed by atoms with Gasteiger partial charge in [-0.2, -0.15) is 0 Å². The lowest BCUT2D eigenvalue weighted by atomic mass is 9.97. The molecule has 2 nitrogen and oxygen atoms in total. The molecule has 17 heavy (non-hydrogen) atoms. The molecule has 1 aromatic carbocycles. The molecule has 2 unspecified atom stereocenters. The third-order valence-corrected chi connectivity index (χ3v) is 3.59. The Labute approximate surface area is 103 Å². The van der Waals surface area contributed by atoms with Gasteiger partial charge in [0.05, 0.1) is 6.04 Å². The van der Waals surface area contributed by atoms with Gasteiger partial charge in [-0.05, 0) is 31.5 Å². The van der Waals surface area contributed by atoms with Crippen molar-refractivity contribution in [1.82, 2.24) is 5.32 Å². The zero-order chi connectivity index (χ0) is 12.4. The van der Waals surface area contributed by atoms with Crippen LogP contribution in [0.25, 0.3) is 11.0 Å². The fraction of sp³-hybridized carbons (Fsp3) is 0.467. The lowest BCUT2D eigenvalue weighted by Crippen LogP contribution is -2.22. The topological polar surface area (TPSA) is 25.2 Å². The molecule has 0 aliphatic heterocycles. The van der Waals surface area contributed by atoms with Gasteiger partial charge >= 0.3 is 0 Å². The van der Waals surface area contributed by atoms with E-state index in [1.165, 1.54) is 10.9 Å². The van der Waals surface area contributed by atoms with Crippen molar-refractivity contribution < 1.29 is 4.42 Å². The monoisotopic (exact) mass is 231 g/mol. The first-order valence-corrected chi connectivity index (χ1v) is 6.33. The van der Waals surface area contributed by atoms with E-state index < -0.39 is 0 Å². The van der Waals surface area contributed by atoms with Crippen molar-refractivity contribution in [2.45, 2.75) is 33.2 Å². The highest BCUT2D eigenvalue weighted by molar-refractivity contribution is 5.81. The normalized spacial score (nSPS) is 15.1. The van der Waals surface area contributed by atoms with Crippen molar-refractivity contribution in [2.75, 3.05) is 7.05 Å². The van der Waals surface area contributed by atoms with E-state index in [0.29, 0.717) is 12.0 Å². The summed E-state index contributed by atoms with van der Waals surface area (Å²) in [5.74, 6) is 1.62. The second-order valence-electron chi connectivity index (χ2n) is 4.79. The molecule has 0 radical (unpaired) electrons. The van der Waals surface area contributed by atoms with Gasteiger partial charge in [0.1, 0.15) is 11.3 Å². The predicted molar refractivity (Wildman–Crippen MR) is 72.2 cm³/mol. The summed E-state index contributed by atoms with van der Waals surface area (Å²) in [5, 5.41) is 4.55. The fourth-order valence-corrected chi connectivity index (χ4v) is 2.32. The van der Waals surface area contributed by atoms with Crippen molar-refractivity contribution in [1.29, 1.82) is 0 Å². The molecular weight excluding hydrogens is 210 g/mol. The first-order valence-electron chi connectivity index (χ1n) is 6.33. The number of hydrogen-bond donors (Lipinski definition) is 1. The molecule has 1 heterocycles. The van der Waals surface area contributed by atoms with Gasteiger partial charge in [-0.15, -0.1) is 0 Å². The first kappa shape index (κ1) is 12.2. The Morgan fingerprint density at radius 3 is 2.71 bits per heavy atom. The second-order valence-corrected chi connectivity index (χ2v) is 4.79. The van der Waals surface area contributed by atoms with Crippen molar-refractivity contribution in [3.8, 4) is 0 Å². The lowest BCUT2D eigenvalue weighted by Gasteiger charge is -2.19. The van der Waals surface area contributed by atoms with Crippen LogP contribution < -0.4 is 5.32 Å². The number of para-hydroxylation sites is 1. The third kappa shape index (κ3) is 2.22. The average Bonchev–Trinajstić information content (AvgIpc) is 2.75. The van der Waals surface area contributed by atoms with Crippen LogP contribution in [0.3, 0.4) is 0 Å². The molecule has 0 amide bonds. The van der Waals surface area contributed by atoms with Crippen LogP contribution in [0.4, 0.5) is 0 Å². The Balaban J connectivity index is 2.44. The molecule has 2 atom stereocenters.